The summed E-state index contributed by atoms with van der Waals surface area (Å²) in [5.74, 6) is 1.56. The lowest BCUT2D eigenvalue weighted by Crippen LogP contribution is -2.22. The second-order valence-electron chi connectivity index (χ2n) is 4.05. The van der Waals surface area contributed by atoms with Crippen LogP contribution in [0.2, 0.25) is 0 Å². The Bertz CT molecular complexity index is 388. The normalized spacial score (nSPS) is 12.7. The van der Waals surface area contributed by atoms with Gasteiger partial charge in [-0.3, -0.25) is 0 Å². The van der Waals surface area contributed by atoms with E-state index in [1.54, 1.807) is 7.11 Å². The number of benzene rings is 1. The van der Waals surface area contributed by atoms with Crippen molar-refractivity contribution >= 4 is 6.08 Å². The van der Waals surface area contributed by atoms with Crippen LogP contribution in [0, 0.1) is 0 Å². The van der Waals surface area contributed by atoms with E-state index in [2.05, 4.69) is 31.3 Å². The van der Waals surface area contributed by atoms with Gasteiger partial charge in [-0.15, -0.1) is 0 Å². The van der Waals surface area contributed by atoms with Crippen LogP contribution in [0.1, 0.15) is 26.3 Å². The van der Waals surface area contributed by atoms with Crippen molar-refractivity contribution in [3.63, 3.8) is 0 Å². The van der Waals surface area contributed by atoms with Crippen LogP contribution in [-0.4, -0.2) is 26.3 Å². The van der Waals surface area contributed by atoms with Crippen LogP contribution in [0.15, 0.2) is 24.3 Å². The highest BCUT2D eigenvalue weighted by Crippen LogP contribution is 2.28. The summed E-state index contributed by atoms with van der Waals surface area (Å²) in [6.45, 7) is 7.81. The van der Waals surface area contributed by atoms with Gasteiger partial charge in [0.05, 0.1) is 13.7 Å². The van der Waals surface area contributed by atoms with Crippen LogP contribution in [-0.2, 0) is 0 Å². The van der Waals surface area contributed by atoms with Gasteiger partial charge in [-0.2, -0.15) is 0 Å². The van der Waals surface area contributed by atoms with E-state index in [-0.39, 0.29) is 0 Å². The van der Waals surface area contributed by atoms with Crippen molar-refractivity contribution in [2.75, 3.05) is 20.3 Å². The molecule has 1 atom stereocenters. The Morgan fingerprint density at radius 1 is 1.28 bits per heavy atom. The van der Waals surface area contributed by atoms with E-state index in [9.17, 15) is 0 Å². The van der Waals surface area contributed by atoms with Gasteiger partial charge in [0.1, 0.15) is 0 Å². The zero-order valence-electron chi connectivity index (χ0n) is 11.7. The average Bonchev–Trinajstić information content (AvgIpc) is 2.37. The Morgan fingerprint density at radius 3 is 2.67 bits per heavy atom. The van der Waals surface area contributed by atoms with Gasteiger partial charge in [-0.1, -0.05) is 25.1 Å². The summed E-state index contributed by atoms with van der Waals surface area (Å²) < 4.78 is 10.8. The first-order valence-electron chi connectivity index (χ1n) is 6.43. The Labute approximate surface area is 110 Å². The number of methoxy groups -OCH3 is 1. The molecule has 0 fully saturated rings. The van der Waals surface area contributed by atoms with E-state index in [1.807, 2.05) is 25.1 Å². The number of hydrogen-bond donors (Lipinski definition) is 1. The van der Waals surface area contributed by atoms with E-state index in [0.717, 1.165) is 23.6 Å². The highest BCUT2D eigenvalue weighted by atomic mass is 16.5. The molecule has 0 aliphatic heterocycles. The molecule has 0 saturated heterocycles. The summed E-state index contributed by atoms with van der Waals surface area (Å²) in [7, 11) is 1.65. The minimum Gasteiger partial charge on any atom is -0.493 e. The van der Waals surface area contributed by atoms with Crippen molar-refractivity contribution in [2.24, 2.45) is 0 Å². The zero-order valence-corrected chi connectivity index (χ0v) is 11.7. The van der Waals surface area contributed by atoms with Gasteiger partial charge in [0.15, 0.2) is 11.5 Å². The number of nitrogens with one attached hydrogen (secondary N) is 1. The third kappa shape index (κ3) is 4.41. The summed E-state index contributed by atoms with van der Waals surface area (Å²) in [6, 6.07) is 6.32. The van der Waals surface area contributed by atoms with Gasteiger partial charge in [-0.25, -0.2) is 0 Å². The fourth-order valence-corrected chi connectivity index (χ4v) is 1.71. The van der Waals surface area contributed by atoms with E-state index < -0.39 is 0 Å². The van der Waals surface area contributed by atoms with Crippen molar-refractivity contribution < 1.29 is 9.47 Å². The quantitative estimate of drug-likeness (QED) is 0.805. The Hall–Kier alpha value is -1.48. The summed E-state index contributed by atoms with van der Waals surface area (Å²) in [5, 5.41) is 3.34. The van der Waals surface area contributed by atoms with Crippen LogP contribution < -0.4 is 14.8 Å². The molecular formula is C15H23NO2. The SMILES string of the molecule is CCNC(C)/C=C/c1ccc(OC)c(OCC)c1. The summed E-state index contributed by atoms with van der Waals surface area (Å²) in [5.41, 5.74) is 1.11. The predicted molar refractivity (Wildman–Crippen MR) is 76.3 cm³/mol. The van der Waals surface area contributed by atoms with Crippen LogP contribution in [0.5, 0.6) is 11.5 Å². The van der Waals surface area contributed by atoms with Gasteiger partial charge in [0.25, 0.3) is 0 Å². The molecule has 0 bridgehead atoms. The maximum Gasteiger partial charge on any atom is 0.161 e. The lowest BCUT2D eigenvalue weighted by Gasteiger charge is -2.10. The van der Waals surface area contributed by atoms with Gasteiger partial charge in [-0.05, 0) is 38.1 Å². The Kier molecular flexibility index (Phi) is 6.29. The van der Waals surface area contributed by atoms with E-state index in [1.165, 1.54) is 0 Å². The molecule has 0 aromatic heterocycles. The molecule has 1 aromatic carbocycles. The van der Waals surface area contributed by atoms with Gasteiger partial charge in [0, 0.05) is 6.04 Å². The third-order valence-electron chi connectivity index (χ3n) is 2.59. The maximum absolute atomic E-state index is 5.55. The first kappa shape index (κ1) is 14.6. The van der Waals surface area contributed by atoms with Gasteiger partial charge < -0.3 is 14.8 Å². The van der Waals surface area contributed by atoms with Crippen molar-refractivity contribution in [3.8, 4) is 11.5 Å². The smallest absolute Gasteiger partial charge is 0.161 e. The summed E-state index contributed by atoms with van der Waals surface area (Å²) in [6.07, 6.45) is 4.23. The molecule has 1 unspecified atom stereocenters. The van der Waals surface area contributed by atoms with Crippen molar-refractivity contribution in [3.05, 3.63) is 29.8 Å². The predicted octanol–water partition coefficient (Wildman–Crippen LogP) is 3.11. The fraction of sp³-hybridized carbons (Fsp3) is 0.467. The Balaban J connectivity index is 2.80. The van der Waals surface area contributed by atoms with Crippen molar-refractivity contribution in [1.29, 1.82) is 0 Å². The lowest BCUT2D eigenvalue weighted by molar-refractivity contribution is 0.311. The second kappa shape index (κ2) is 7.77. The van der Waals surface area contributed by atoms with Crippen molar-refractivity contribution in [1.82, 2.24) is 5.32 Å². The van der Waals surface area contributed by atoms with Crippen LogP contribution in [0.3, 0.4) is 0 Å². The highest BCUT2D eigenvalue weighted by molar-refractivity contribution is 5.56. The molecule has 1 rings (SSSR count). The molecule has 0 amide bonds. The number of hydrogen-bond acceptors (Lipinski definition) is 3. The molecule has 1 N–H and O–H groups in total. The molecule has 3 heteroatoms. The molecule has 0 spiro atoms. The first-order valence-corrected chi connectivity index (χ1v) is 6.43. The standard InChI is InChI=1S/C15H23NO2/c1-5-16-12(3)7-8-13-9-10-14(17-4)15(11-13)18-6-2/h7-12,16H,5-6H2,1-4H3/b8-7+. The minimum absolute atomic E-state index is 0.368. The molecule has 0 heterocycles. The molecule has 18 heavy (non-hydrogen) atoms. The maximum atomic E-state index is 5.55. The molecule has 0 saturated carbocycles. The largest absolute Gasteiger partial charge is 0.493 e. The zero-order chi connectivity index (χ0) is 13.4. The van der Waals surface area contributed by atoms with E-state index in [0.29, 0.717) is 12.6 Å². The second-order valence-corrected chi connectivity index (χ2v) is 4.05. The molecule has 100 valence electrons. The molecular weight excluding hydrogens is 226 g/mol. The molecule has 0 radical (unpaired) electrons. The van der Waals surface area contributed by atoms with Crippen LogP contribution in [0.25, 0.3) is 6.08 Å². The molecule has 0 aliphatic carbocycles. The minimum atomic E-state index is 0.368. The third-order valence-corrected chi connectivity index (χ3v) is 2.59. The highest BCUT2D eigenvalue weighted by Gasteiger charge is 2.03. The number of rotatable bonds is 7. The van der Waals surface area contributed by atoms with Crippen molar-refractivity contribution in [2.45, 2.75) is 26.8 Å². The monoisotopic (exact) mass is 249 g/mol. The number of ether oxygens (including phenoxy) is 2. The van der Waals surface area contributed by atoms with E-state index in [4.69, 9.17) is 9.47 Å². The van der Waals surface area contributed by atoms with Crippen LogP contribution in [0.4, 0.5) is 0 Å². The number of likely N-dealkylation sites (N-methyl/N-ethyl adjacent to an activating group) is 1. The molecule has 1 aromatic rings. The topological polar surface area (TPSA) is 30.5 Å². The van der Waals surface area contributed by atoms with E-state index >= 15 is 0 Å². The Morgan fingerprint density at radius 2 is 2.06 bits per heavy atom. The summed E-state index contributed by atoms with van der Waals surface area (Å²) in [4.78, 5) is 0. The lowest BCUT2D eigenvalue weighted by atomic mass is 10.1. The fourth-order valence-electron chi connectivity index (χ4n) is 1.71. The van der Waals surface area contributed by atoms with Gasteiger partial charge >= 0.3 is 0 Å². The average molecular weight is 249 g/mol. The van der Waals surface area contributed by atoms with Gasteiger partial charge in [0.2, 0.25) is 0 Å². The first-order chi connectivity index (χ1) is 8.71. The summed E-state index contributed by atoms with van der Waals surface area (Å²) >= 11 is 0. The molecule has 3 nitrogen and oxygen atoms in total. The van der Waals surface area contributed by atoms with Crippen LogP contribution >= 0.6 is 0 Å². The molecule has 0 aliphatic rings.